The molecular weight excluding hydrogens is 321 g/mol. The van der Waals surface area contributed by atoms with Crippen molar-refractivity contribution in [1.29, 1.82) is 0 Å². The van der Waals surface area contributed by atoms with Crippen molar-refractivity contribution in [1.82, 2.24) is 5.32 Å². The average molecular weight is 336 g/mol. The highest BCUT2D eigenvalue weighted by Gasteiger charge is 2.28. The average Bonchev–Trinajstić information content (AvgIpc) is 2.31. The molecule has 0 atom stereocenters. The first kappa shape index (κ1) is 17.1. The van der Waals surface area contributed by atoms with E-state index in [1.54, 1.807) is 18.2 Å². The molecule has 0 heterocycles. The summed E-state index contributed by atoms with van der Waals surface area (Å²) in [6, 6.07) is 5.18. The molecule has 0 aliphatic rings. The zero-order valence-electron chi connectivity index (χ0n) is 11.1. The molecule has 20 heavy (non-hydrogen) atoms. The van der Waals surface area contributed by atoms with Gasteiger partial charge in [-0.2, -0.15) is 0 Å². The molecular formula is C13H15Cl2NO3S. The Hall–Kier alpha value is -0.910. The molecule has 0 saturated carbocycles. The molecule has 0 aliphatic carbocycles. The van der Waals surface area contributed by atoms with E-state index in [1.165, 1.54) is 25.6 Å². The Bertz CT molecular complexity index is 520. The summed E-state index contributed by atoms with van der Waals surface area (Å²) in [7, 11) is 0. The van der Waals surface area contributed by atoms with Crippen molar-refractivity contribution in [2.24, 2.45) is 0 Å². The number of aliphatic carboxylic acids is 1. The molecule has 2 N–H and O–H groups in total. The molecule has 110 valence electrons. The van der Waals surface area contributed by atoms with Crippen LogP contribution in [0, 0.1) is 0 Å². The summed E-state index contributed by atoms with van der Waals surface area (Å²) in [4.78, 5) is 22.5. The van der Waals surface area contributed by atoms with Crippen LogP contribution < -0.4 is 5.32 Å². The van der Waals surface area contributed by atoms with Crippen molar-refractivity contribution >= 4 is 46.8 Å². The number of hydrogen-bond donors (Lipinski definition) is 2. The van der Waals surface area contributed by atoms with Crippen LogP contribution in [0.3, 0.4) is 0 Å². The lowest BCUT2D eigenvalue weighted by Crippen LogP contribution is -2.50. The van der Waals surface area contributed by atoms with Crippen molar-refractivity contribution < 1.29 is 14.7 Å². The summed E-state index contributed by atoms with van der Waals surface area (Å²) in [6.07, 6.45) is 0. The minimum atomic E-state index is -1.27. The normalized spacial score (nSPS) is 11.2. The molecule has 0 bridgehead atoms. The van der Waals surface area contributed by atoms with Crippen LogP contribution in [0.15, 0.2) is 18.2 Å². The van der Waals surface area contributed by atoms with Crippen LogP contribution in [0.5, 0.6) is 0 Å². The van der Waals surface area contributed by atoms with E-state index in [-0.39, 0.29) is 11.7 Å². The largest absolute Gasteiger partial charge is 0.480 e. The van der Waals surface area contributed by atoms with Crippen LogP contribution in [-0.2, 0) is 15.3 Å². The summed E-state index contributed by atoms with van der Waals surface area (Å²) in [5, 5.41) is 12.5. The fourth-order valence-electron chi connectivity index (χ4n) is 1.33. The van der Waals surface area contributed by atoms with Gasteiger partial charge in [-0.25, -0.2) is 4.79 Å². The lowest BCUT2D eigenvalue weighted by Gasteiger charge is -2.20. The lowest BCUT2D eigenvalue weighted by atomic mass is 10.1. The van der Waals surface area contributed by atoms with Crippen LogP contribution >= 0.6 is 35.0 Å². The van der Waals surface area contributed by atoms with Gasteiger partial charge < -0.3 is 10.4 Å². The van der Waals surface area contributed by atoms with Crippen molar-refractivity contribution in [3.05, 3.63) is 33.8 Å². The second-order valence-electron chi connectivity index (χ2n) is 4.71. The number of carboxylic acid groups (broad SMARTS) is 1. The first-order valence-electron chi connectivity index (χ1n) is 5.78. The molecule has 1 aromatic rings. The molecule has 0 unspecified atom stereocenters. The summed E-state index contributed by atoms with van der Waals surface area (Å²) in [5.41, 5.74) is -0.387. The quantitative estimate of drug-likeness (QED) is 0.837. The van der Waals surface area contributed by atoms with Gasteiger partial charge in [0.05, 0.1) is 5.75 Å². The van der Waals surface area contributed by atoms with Gasteiger partial charge in [0.15, 0.2) is 0 Å². The predicted octanol–water partition coefficient (Wildman–Crippen LogP) is 3.21. The molecule has 0 aromatic heterocycles. The molecule has 4 nitrogen and oxygen atoms in total. The number of hydrogen-bond acceptors (Lipinski definition) is 3. The molecule has 1 amide bonds. The van der Waals surface area contributed by atoms with Crippen molar-refractivity contribution in [2.75, 3.05) is 5.75 Å². The van der Waals surface area contributed by atoms with E-state index in [2.05, 4.69) is 5.32 Å². The Kier molecular flexibility index (Phi) is 6.17. The van der Waals surface area contributed by atoms with Gasteiger partial charge in [-0.1, -0.05) is 29.3 Å². The summed E-state index contributed by atoms with van der Waals surface area (Å²) < 4.78 is 0. The maximum absolute atomic E-state index is 11.6. The SMILES string of the molecule is CC(C)(NC(=O)CSCc1ccc(Cl)cc1Cl)C(=O)O. The number of amides is 1. The number of carbonyl (C=O) groups is 2. The van der Waals surface area contributed by atoms with Crippen LogP contribution in [0.1, 0.15) is 19.4 Å². The number of carbonyl (C=O) groups excluding carboxylic acids is 1. The molecule has 0 saturated heterocycles. The van der Waals surface area contributed by atoms with Gasteiger partial charge in [0.1, 0.15) is 5.54 Å². The Morgan fingerprint density at radius 2 is 2.00 bits per heavy atom. The molecule has 0 spiro atoms. The second kappa shape index (κ2) is 7.20. The number of halogens is 2. The van der Waals surface area contributed by atoms with Crippen molar-refractivity contribution in [2.45, 2.75) is 25.1 Å². The highest BCUT2D eigenvalue weighted by Crippen LogP contribution is 2.24. The highest BCUT2D eigenvalue weighted by atomic mass is 35.5. The van der Waals surface area contributed by atoms with E-state index >= 15 is 0 Å². The van der Waals surface area contributed by atoms with Crippen LogP contribution in [0.4, 0.5) is 0 Å². The van der Waals surface area contributed by atoms with Gasteiger partial charge >= 0.3 is 5.97 Å². The maximum Gasteiger partial charge on any atom is 0.328 e. The van der Waals surface area contributed by atoms with Crippen molar-refractivity contribution in [3.8, 4) is 0 Å². The van der Waals surface area contributed by atoms with E-state index in [0.29, 0.717) is 15.8 Å². The topological polar surface area (TPSA) is 66.4 Å². The number of thioether (sulfide) groups is 1. The summed E-state index contributed by atoms with van der Waals surface area (Å²) in [6.45, 7) is 2.88. The summed E-state index contributed by atoms with van der Waals surface area (Å²) in [5.74, 6) is -0.684. The molecule has 0 fully saturated rings. The zero-order valence-corrected chi connectivity index (χ0v) is 13.4. The number of nitrogens with one attached hydrogen (secondary N) is 1. The third kappa shape index (κ3) is 5.23. The predicted molar refractivity (Wildman–Crippen MR) is 82.5 cm³/mol. The Balaban J connectivity index is 2.45. The van der Waals surface area contributed by atoms with Gasteiger partial charge in [0.25, 0.3) is 0 Å². The number of benzene rings is 1. The van der Waals surface area contributed by atoms with Crippen LogP contribution in [-0.4, -0.2) is 28.3 Å². The van der Waals surface area contributed by atoms with E-state index < -0.39 is 11.5 Å². The molecule has 1 rings (SSSR count). The van der Waals surface area contributed by atoms with E-state index in [4.69, 9.17) is 28.3 Å². The van der Waals surface area contributed by atoms with Gasteiger partial charge in [0.2, 0.25) is 5.91 Å². The second-order valence-corrected chi connectivity index (χ2v) is 6.54. The highest BCUT2D eigenvalue weighted by molar-refractivity contribution is 7.99. The zero-order chi connectivity index (χ0) is 15.3. The van der Waals surface area contributed by atoms with E-state index in [9.17, 15) is 9.59 Å². The molecule has 0 aliphatic heterocycles. The summed E-state index contributed by atoms with van der Waals surface area (Å²) >= 11 is 13.2. The number of rotatable bonds is 6. The smallest absolute Gasteiger partial charge is 0.328 e. The lowest BCUT2D eigenvalue weighted by molar-refractivity contribution is -0.145. The van der Waals surface area contributed by atoms with E-state index in [1.807, 2.05) is 0 Å². The molecule has 0 radical (unpaired) electrons. The van der Waals surface area contributed by atoms with Gasteiger partial charge in [-0.15, -0.1) is 11.8 Å². The van der Waals surface area contributed by atoms with Crippen LogP contribution in [0.2, 0.25) is 10.0 Å². The number of carboxylic acids is 1. The Morgan fingerprint density at radius 1 is 1.35 bits per heavy atom. The third-order valence-corrected chi connectivity index (χ3v) is 4.06. The Morgan fingerprint density at radius 3 is 2.55 bits per heavy atom. The third-order valence-electron chi connectivity index (χ3n) is 2.49. The van der Waals surface area contributed by atoms with Crippen LogP contribution in [0.25, 0.3) is 0 Å². The fraction of sp³-hybridized carbons (Fsp3) is 0.385. The first-order chi connectivity index (χ1) is 9.22. The van der Waals surface area contributed by atoms with E-state index in [0.717, 1.165) is 5.56 Å². The minimum Gasteiger partial charge on any atom is -0.480 e. The fourth-order valence-corrected chi connectivity index (χ4v) is 2.72. The van der Waals surface area contributed by atoms with Crippen molar-refractivity contribution in [3.63, 3.8) is 0 Å². The standard InChI is InChI=1S/C13H15Cl2NO3S/c1-13(2,12(18)19)16-11(17)7-20-6-8-3-4-9(14)5-10(8)15/h3-5H,6-7H2,1-2H3,(H,16,17)(H,18,19). The maximum atomic E-state index is 11.6. The van der Waals surface area contributed by atoms with Gasteiger partial charge in [-0.05, 0) is 31.5 Å². The molecule has 1 aromatic carbocycles. The van der Waals surface area contributed by atoms with Gasteiger partial charge in [0, 0.05) is 15.8 Å². The molecule has 7 heteroatoms. The minimum absolute atomic E-state index is 0.162. The Labute approximate surface area is 131 Å². The first-order valence-corrected chi connectivity index (χ1v) is 7.69. The van der Waals surface area contributed by atoms with Gasteiger partial charge in [-0.3, -0.25) is 4.79 Å². The monoisotopic (exact) mass is 335 g/mol.